The molecule has 1 heterocycles. The molecule has 1 amide bonds. The minimum atomic E-state index is -0.334. The molecule has 0 unspecified atom stereocenters. The van der Waals surface area contributed by atoms with Crippen LogP contribution in [0.5, 0.6) is 0 Å². The number of amides is 1. The van der Waals surface area contributed by atoms with Crippen LogP contribution in [-0.2, 0) is 0 Å². The van der Waals surface area contributed by atoms with E-state index in [9.17, 15) is 9.18 Å². The van der Waals surface area contributed by atoms with Gasteiger partial charge in [-0.25, -0.2) is 9.37 Å². The van der Waals surface area contributed by atoms with Gasteiger partial charge in [0.05, 0.1) is 11.3 Å². The maximum atomic E-state index is 13.0. The van der Waals surface area contributed by atoms with Gasteiger partial charge in [-0.2, -0.15) is 0 Å². The van der Waals surface area contributed by atoms with Crippen LogP contribution in [0.15, 0.2) is 36.5 Å². The van der Waals surface area contributed by atoms with Crippen LogP contribution >= 0.6 is 22.6 Å². The van der Waals surface area contributed by atoms with E-state index in [1.54, 1.807) is 25.4 Å². The van der Waals surface area contributed by atoms with Crippen LogP contribution in [0.1, 0.15) is 10.4 Å². The Bertz CT molecular complexity index is 619. The number of rotatable bonds is 3. The van der Waals surface area contributed by atoms with E-state index in [2.05, 4.69) is 15.6 Å². The molecule has 0 atom stereocenters. The van der Waals surface area contributed by atoms with E-state index in [1.807, 2.05) is 22.6 Å². The number of nitrogens with one attached hydrogen (secondary N) is 2. The lowest BCUT2D eigenvalue weighted by Gasteiger charge is -2.10. The molecule has 98 valence electrons. The number of carbonyl (C=O) groups excluding carboxylic acids is 1. The highest BCUT2D eigenvalue weighted by Crippen LogP contribution is 2.21. The van der Waals surface area contributed by atoms with E-state index in [0.29, 0.717) is 20.6 Å². The first kappa shape index (κ1) is 13.7. The first-order valence-corrected chi connectivity index (χ1v) is 6.59. The van der Waals surface area contributed by atoms with Gasteiger partial charge in [0, 0.05) is 16.8 Å². The summed E-state index contributed by atoms with van der Waals surface area (Å²) in [4.78, 5) is 16.2. The Morgan fingerprint density at radius 3 is 2.84 bits per heavy atom. The maximum Gasteiger partial charge on any atom is 0.259 e. The lowest BCUT2D eigenvalue weighted by atomic mass is 10.2. The number of benzene rings is 1. The third-order valence-corrected chi connectivity index (χ3v) is 3.36. The lowest BCUT2D eigenvalue weighted by Crippen LogP contribution is -2.15. The second-order valence-corrected chi connectivity index (χ2v) is 4.89. The van der Waals surface area contributed by atoms with Crippen molar-refractivity contribution in [1.29, 1.82) is 0 Å². The maximum absolute atomic E-state index is 13.0. The molecule has 0 bridgehead atoms. The minimum absolute atomic E-state index is 0.290. The van der Waals surface area contributed by atoms with Gasteiger partial charge in [-0.15, -0.1) is 0 Å². The van der Waals surface area contributed by atoms with Crippen LogP contribution < -0.4 is 10.6 Å². The Morgan fingerprint density at radius 1 is 1.37 bits per heavy atom. The fourth-order valence-electron chi connectivity index (χ4n) is 1.57. The molecular weight excluding hydrogens is 360 g/mol. The highest BCUT2D eigenvalue weighted by atomic mass is 127. The molecule has 1 aromatic carbocycles. The normalized spacial score (nSPS) is 10.1. The van der Waals surface area contributed by atoms with E-state index in [0.717, 1.165) is 0 Å². The Labute approximate surface area is 123 Å². The first-order valence-electron chi connectivity index (χ1n) is 5.51. The fraction of sp³-hybridized carbons (Fsp3) is 0.0769. The summed E-state index contributed by atoms with van der Waals surface area (Å²) in [7, 11) is 1.70. The van der Waals surface area contributed by atoms with Crippen LogP contribution in [0.3, 0.4) is 0 Å². The van der Waals surface area contributed by atoms with Crippen molar-refractivity contribution < 1.29 is 9.18 Å². The zero-order chi connectivity index (χ0) is 13.8. The molecular formula is C13H11FIN3O. The monoisotopic (exact) mass is 371 g/mol. The van der Waals surface area contributed by atoms with Gasteiger partial charge in [-0.3, -0.25) is 4.79 Å². The topological polar surface area (TPSA) is 54.0 Å². The van der Waals surface area contributed by atoms with Gasteiger partial charge in [0.1, 0.15) is 11.6 Å². The summed E-state index contributed by atoms with van der Waals surface area (Å²) in [5.41, 5.74) is 1.00. The number of aromatic nitrogens is 1. The molecule has 2 N–H and O–H groups in total. The smallest absolute Gasteiger partial charge is 0.259 e. The standard InChI is InChI=1S/C13H11FIN3O/c1-16-12-9(3-2-6-17-12)13(19)18-11-5-4-8(14)7-10(11)15/h2-7H,1H3,(H,16,17)(H,18,19). The van der Waals surface area contributed by atoms with Crippen molar-refractivity contribution in [2.45, 2.75) is 0 Å². The van der Waals surface area contributed by atoms with Crippen molar-refractivity contribution in [2.75, 3.05) is 17.7 Å². The quantitative estimate of drug-likeness (QED) is 0.816. The van der Waals surface area contributed by atoms with Crippen molar-refractivity contribution in [3.63, 3.8) is 0 Å². The van der Waals surface area contributed by atoms with E-state index in [-0.39, 0.29) is 11.7 Å². The third-order valence-electron chi connectivity index (χ3n) is 2.47. The van der Waals surface area contributed by atoms with Gasteiger partial charge in [-0.1, -0.05) is 0 Å². The van der Waals surface area contributed by atoms with E-state index >= 15 is 0 Å². The van der Waals surface area contributed by atoms with Crippen molar-refractivity contribution in [3.8, 4) is 0 Å². The minimum Gasteiger partial charge on any atom is -0.372 e. The summed E-state index contributed by atoms with van der Waals surface area (Å²) in [6, 6.07) is 7.55. The number of hydrogen-bond acceptors (Lipinski definition) is 3. The summed E-state index contributed by atoms with van der Waals surface area (Å²) in [5, 5.41) is 5.59. The zero-order valence-corrected chi connectivity index (χ0v) is 12.2. The second-order valence-electron chi connectivity index (χ2n) is 3.73. The predicted octanol–water partition coefficient (Wildman–Crippen LogP) is 3.12. The molecule has 0 saturated heterocycles. The van der Waals surface area contributed by atoms with E-state index in [1.165, 1.54) is 18.2 Å². The molecule has 0 aliphatic heterocycles. The van der Waals surface area contributed by atoms with Gasteiger partial charge in [0.15, 0.2) is 0 Å². The Morgan fingerprint density at radius 2 is 2.16 bits per heavy atom. The summed E-state index contributed by atoms with van der Waals surface area (Å²) < 4.78 is 13.6. The number of nitrogens with zero attached hydrogens (tertiary/aromatic N) is 1. The Kier molecular flexibility index (Phi) is 4.31. The van der Waals surface area contributed by atoms with Gasteiger partial charge < -0.3 is 10.6 Å². The Hall–Kier alpha value is -1.70. The first-order chi connectivity index (χ1) is 9.11. The molecule has 0 saturated carbocycles. The van der Waals surface area contributed by atoms with E-state index in [4.69, 9.17) is 0 Å². The van der Waals surface area contributed by atoms with Crippen LogP contribution in [0.2, 0.25) is 0 Å². The summed E-state index contributed by atoms with van der Waals surface area (Å²) >= 11 is 1.97. The summed E-state index contributed by atoms with van der Waals surface area (Å²) in [5.74, 6) is -0.126. The highest BCUT2D eigenvalue weighted by molar-refractivity contribution is 14.1. The molecule has 2 rings (SSSR count). The summed E-state index contributed by atoms with van der Waals surface area (Å²) in [6.07, 6.45) is 1.60. The van der Waals surface area contributed by atoms with Gasteiger partial charge >= 0.3 is 0 Å². The van der Waals surface area contributed by atoms with Crippen LogP contribution in [0, 0.1) is 9.39 Å². The average molecular weight is 371 g/mol. The van der Waals surface area contributed by atoms with Crippen molar-refractivity contribution in [1.82, 2.24) is 4.98 Å². The number of carbonyl (C=O) groups is 1. The molecule has 0 radical (unpaired) electrons. The molecule has 0 aliphatic carbocycles. The molecule has 1 aromatic heterocycles. The highest BCUT2D eigenvalue weighted by Gasteiger charge is 2.12. The van der Waals surface area contributed by atoms with Crippen LogP contribution in [0.25, 0.3) is 0 Å². The number of anilines is 2. The summed E-state index contributed by atoms with van der Waals surface area (Å²) in [6.45, 7) is 0. The number of hydrogen-bond donors (Lipinski definition) is 2. The van der Waals surface area contributed by atoms with E-state index < -0.39 is 0 Å². The molecule has 0 aliphatic rings. The molecule has 4 nitrogen and oxygen atoms in total. The largest absolute Gasteiger partial charge is 0.372 e. The fourth-order valence-corrected chi connectivity index (χ4v) is 2.18. The van der Waals surface area contributed by atoms with Crippen molar-refractivity contribution >= 4 is 40.0 Å². The average Bonchev–Trinajstić information content (AvgIpc) is 2.41. The molecule has 0 spiro atoms. The Balaban J connectivity index is 2.26. The zero-order valence-electron chi connectivity index (χ0n) is 10.1. The molecule has 19 heavy (non-hydrogen) atoms. The van der Waals surface area contributed by atoms with Gasteiger partial charge in [0.2, 0.25) is 0 Å². The van der Waals surface area contributed by atoms with Crippen molar-refractivity contribution in [2.24, 2.45) is 0 Å². The number of pyridine rings is 1. The molecule has 6 heteroatoms. The molecule has 2 aromatic rings. The molecule has 0 fully saturated rings. The number of halogens is 2. The predicted molar refractivity (Wildman–Crippen MR) is 80.9 cm³/mol. The SMILES string of the molecule is CNc1ncccc1C(=O)Nc1ccc(F)cc1I. The second kappa shape index (κ2) is 5.96. The van der Waals surface area contributed by atoms with Gasteiger partial charge in [0.25, 0.3) is 5.91 Å². The van der Waals surface area contributed by atoms with Crippen molar-refractivity contribution in [3.05, 3.63) is 51.5 Å². The van der Waals surface area contributed by atoms with Gasteiger partial charge in [-0.05, 0) is 52.9 Å². The van der Waals surface area contributed by atoms with Crippen LogP contribution in [0.4, 0.5) is 15.9 Å². The third kappa shape index (κ3) is 3.19. The lowest BCUT2D eigenvalue weighted by molar-refractivity contribution is 0.102. The van der Waals surface area contributed by atoms with Crippen LogP contribution in [-0.4, -0.2) is 17.9 Å².